The van der Waals surface area contributed by atoms with Gasteiger partial charge in [-0.05, 0) is 200 Å². The number of rotatable bonds is 10. The van der Waals surface area contributed by atoms with Gasteiger partial charge in [-0.1, -0.05) is 370 Å². The molecule has 3 nitrogen and oxygen atoms in total. The molecular weight excluding hydrogens is 1420 g/mol. The fourth-order valence-electron chi connectivity index (χ4n) is 17.5. The van der Waals surface area contributed by atoms with Crippen molar-refractivity contribution in [3.63, 3.8) is 0 Å². The van der Waals surface area contributed by atoms with E-state index in [0.717, 1.165) is 77.2 Å². The highest BCUT2D eigenvalue weighted by Crippen LogP contribution is 2.60. The molecule has 0 unspecified atom stereocenters. The summed E-state index contributed by atoms with van der Waals surface area (Å²) in [4.78, 5) is 8.43. The lowest BCUT2D eigenvalue weighted by atomic mass is 9.30. The Labute approximate surface area is 705 Å². The van der Waals surface area contributed by atoms with Gasteiger partial charge in [-0.2, -0.15) is 0 Å². The van der Waals surface area contributed by atoms with Crippen LogP contribution in [0.5, 0.6) is 0 Å². The molecule has 0 fully saturated rings. The maximum Gasteiger partial charge on any atom is 0.253 e. The molecule has 115 heavy (non-hydrogen) atoms. The summed E-state index contributed by atoms with van der Waals surface area (Å²) in [6.07, 6.45) is 0. The van der Waals surface area contributed by atoms with E-state index in [9.17, 15) is 17.8 Å². The first-order chi connectivity index (χ1) is 61.8. The topological polar surface area (TPSA) is 9.72 Å². The van der Waals surface area contributed by atoms with E-state index in [1.165, 1.54) is 23.5 Å². The average Bonchev–Trinajstić information content (AvgIpc) is 0.655. The molecule has 0 bridgehead atoms. The second-order valence-electron chi connectivity index (χ2n) is 33.5. The highest BCUT2D eigenvalue weighted by molar-refractivity contribution is 8.00. The zero-order chi connectivity index (χ0) is 89.9. The number of hydrogen-bond acceptors (Lipinski definition) is 5. The van der Waals surface area contributed by atoms with Crippen molar-refractivity contribution in [1.29, 1.82) is 0 Å². The molecule has 16 aromatic rings. The van der Waals surface area contributed by atoms with E-state index in [-0.39, 0.29) is 63.4 Å². The van der Waals surface area contributed by atoms with Crippen molar-refractivity contribution >= 4 is 121 Å². The average molecular weight is 1520 g/mol. The van der Waals surface area contributed by atoms with Crippen LogP contribution in [0.15, 0.2) is 371 Å². The SMILES string of the molecule is [2H]c1c([2H])c([2H])c(-c2c([2H])c([2H])c3c(c2[2H])N(c2c(-c4ccccc4)cc(C(C)(C)C)cc2-c2ccccc2)c2cc(C(C)(C)C)cc4c2B3c2c3c5c(c([2H])c2N4c2c(-c4ccccc4)cc(C(C)(C)C)cc2-c2ccccc2)N2c4ccc(-c6ccccc6)cc4Sc4c([2H])c(-c6ccccc6)c([2H])c(c42)B5c2c([2H])c(-c4ccccc4)c([2H])c([2H])c2S3)c([2H])c1[2H]. The van der Waals surface area contributed by atoms with Gasteiger partial charge in [0.15, 0.2) is 0 Å². The molecule has 5 heterocycles. The van der Waals surface area contributed by atoms with Gasteiger partial charge in [0.25, 0.3) is 6.71 Å². The Balaban J connectivity index is 1.04. The van der Waals surface area contributed by atoms with Gasteiger partial charge < -0.3 is 14.7 Å². The predicted octanol–water partition coefficient (Wildman–Crippen LogP) is 26.2. The lowest BCUT2D eigenvalue weighted by Gasteiger charge is -2.50. The molecule has 0 N–H and O–H groups in total. The Kier molecular flexibility index (Phi) is 13.5. The highest BCUT2D eigenvalue weighted by atomic mass is 32.2. The molecular formula is C108H85B2N3S2. The second-order valence-corrected chi connectivity index (χ2v) is 35.6. The summed E-state index contributed by atoms with van der Waals surface area (Å²) in [6.45, 7) is 17.1. The Bertz CT molecular complexity index is 7330. The molecule has 7 heteroatoms. The standard InChI is InChI=1S/C108H85B2N3S2/c1-106(2,3)80-61-83(72-42-26-14-27-43-72)102(84(62-80)73-44-28-15-29-45-73)112-91-58-77(69-36-20-11-21-37-69)50-53-87(91)110-99-92(112)65-82(108(7,8)9)66-93(99)113(103-85(74-46-30-16-31-47-74)63-81(107(4,5)6)64-86(103)75-48-32-17-33-49-75)95-67-94-100-105(101(95)110)115-96-55-52-76(68-34-18-10-19-35-68)56-88(96)109(100)89-57-79(71-40-24-13-25-41-71)60-98-104(89)111(94)90-54-51-78(59-97(90)114-98)70-38-22-12-23-39-70/h10-67H,1-9H3/i11D,20D,21D,36D,37D,50D,52D,53D,55D,56D,57D,58D,60D,67D. The van der Waals surface area contributed by atoms with E-state index in [4.69, 9.17) is 1.37 Å². The molecule has 550 valence electrons. The van der Waals surface area contributed by atoms with E-state index < -0.39 is 83.6 Å². The molecule has 0 aromatic heterocycles. The van der Waals surface area contributed by atoms with Crippen molar-refractivity contribution < 1.29 is 19.2 Å². The summed E-state index contributed by atoms with van der Waals surface area (Å²) in [5.41, 5.74) is 16.6. The van der Waals surface area contributed by atoms with Crippen LogP contribution in [-0.4, -0.2) is 13.4 Å². The summed E-state index contributed by atoms with van der Waals surface area (Å²) in [5.74, 6) is 0. The smallest absolute Gasteiger partial charge is 0.253 e. The van der Waals surface area contributed by atoms with Crippen LogP contribution in [-0.2, 0) is 16.2 Å². The quantitative estimate of drug-likeness (QED) is 0.126. The van der Waals surface area contributed by atoms with Crippen LogP contribution in [0.4, 0.5) is 51.2 Å². The summed E-state index contributed by atoms with van der Waals surface area (Å²) in [7, 11) is 0. The van der Waals surface area contributed by atoms with Crippen LogP contribution in [0.25, 0.3) is 89.0 Å². The number of anilines is 9. The van der Waals surface area contributed by atoms with Crippen LogP contribution >= 0.6 is 23.5 Å². The highest BCUT2D eigenvalue weighted by Gasteiger charge is 2.53. The Morgan fingerprint density at radius 2 is 0.661 bits per heavy atom. The summed E-state index contributed by atoms with van der Waals surface area (Å²) in [5, 5.41) is 0. The van der Waals surface area contributed by atoms with Crippen molar-refractivity contribution in [3.8, 4) is 89.0 Å². The zero-order valence-corrected chi connectivity index (χ0v) is 66.8. The Morgan fingerprint density at radius 1 is 0.252 bits per heavy atom. The van der Waals surface area contributed by atoms with Crippen molar-refractivity contribution in [2.24, 2.45) is 0 Å². The molecule has 0 saturated carbocycles. The molecule has 16 aromatic carbocycles. The first-order valence-corrected chi connectivity index (χ1v) is 41.0. The molecule has 0 atom stereocenters. The Hall–Kier alpha value is -12.3. The monoisotopic (exact) mass is 1520 g/mol. The van der Waals surface area contributed by atoms with Crippen molar-refractivity contribution in [3.05, 3.63) is 368 Å². The summed E-state index contributed by atoms with van der Waals surface area (Å²) in [6, 6.07) is 84.1. The Morgan fingerprint density at radius 3 is 1.15 bits per heavy atom. The first-order valence-electron chi connectivity index (χ1n) is 46.4. The lowest BCUT2D eigenvalue weighted by molar-refractivity contribution is 0.590. The van der Waals surface area contributed by atoms with Crippen molar-refractivity contribution in [2.45, 2.75) is 98.1 Å². The van der Waals surface area contributed by atoms with Crippen LogP contribution in [0, 0.1) is 0 Å². The maximum absolute atomic E-state index is 12.7. The minimum Gasteiger partial charge on any atom is -0.310 e. The van der Waals surface area contributed by atoms with E-state index in [0.29, 0.717) is 99.3 Å². The van der Waals surface area contributed by atoms with Gasteiger partial charge in [-0.15, -0.1) is 0 Å². The van der Waals surface area contributed by atoms with E-state index >= 15 is 0 Å². The fraction of sp³-hybridized carbons (Fsp3) is 0.111. The van der Waals surface area contributed by atoms with Crippen molar-refractivity contribution in [1.82, 2.24) is 0 Å². The number of hydrogen-bond donors (Lipinski definition) is 0. The molecule has 0 radical (unpaired) electrons. The van der Waals surface area contributed by atoms with E-state index in [1.807, 2.05) is 152 Å². The molecule has 5 aliphatic rings. The molecule has 0 spiro atoms. The summed E-state index contributed by atoms with van der Waals surface area (Å²) >= 11 is 2.65. The molecule has 21 rings (SSSR count). The van der Waals surface area contributed by atoms with E-state index in [2.05, 4.69) is 192 Å². The minimum absolute atomic E-state index is 0.0143. The van der Waals surface area contributed by atoms with Gasteiger partial charge in [-0.3, -0.25) is 0 Å². The largest absolute Gasteiger partial charge is 0.310 e. The number of nitrogens with zero attached hydrogens (tertiary/aromatic N) is 3. The maximum atomic E-state index is 12.7. The normalized spacial score (nSPS) is 15.2. The van der Waals surface area contributed by atoms with Crippen LogP contribution in [0.3, 0.4) is 0 Å². The first kappa shape index (κ1) is 56.9. The summed E-state index contributed by atoms with van der Waals surface area (Å²) < 4.78 is 150. The molecule has 0 saturated heterocycles. The fourth-order valence-corrected chi connectivity index (χ4v) is 19.9. The van der Waals surface area contributed by atoms with Crippen LogP contribution < -0.4 is 47.5 Å². The van der Waals surface area contributed by atoms with Gasteiger partial charge in [0.05, 0.1) is 41.9 Å². The van der Waals surface area contributed by atoms with Gasteiger partial charge in [0.2, 0.25) is 6.71 Å². The molecule has 0 amide bonds. The van der Waals surface area contributed by atoms with Crippen LogP contribution in [0.1, 0.15) is 98.2 Å². The molecule has 0 aliphatic carbocycles. The second kappa shape index (κ2) is 27.2. The number of benzene rings is 16. The predicted molar refractivity (Wildman–Crippen MR) is 494 cm³/mol. The minimum atomic E-state index is -1.34. The van der Waals surface area contributed by atoms with Gasteiger partial charge in [0, 0.05) is 70.3 Å². The van der Waals surface area contributed by atoms with Crippen LogP contribution in [0.2, 0.25) is 0 Å². The lowest BCUT2D eigenvalue weighted by Crippen LogP contribution is -2.66. The van der Waals surface area contributed by atoms with Gasteiger partial charge in [-0.25, -0.2) is 0 Å². The third-order valence-corrected chi connectivity index (χ3v) is 25.5. The number of fused-ring (bicyclic) bond motifs is 11. The van der Waals surface area contributed by atoms with Gasteiger partial charge >= 0.3 is 0 Å². The van der Waals surface area contributed by atoms with E-state index in [1.54, 1.807) is 0 Å². The molecule has 5 aliphatic heterocycles. The van der Waals surface area contributed by atoms with Gasteiger partial charge in [0.1, 0.15) is 0 Å². The third-order valence-electron chi connectivity index (χ3n) is 23.3. The third kappa shape index (κ3) is 11.8. The zero-order valence-electron chi connectivity index (χ0n) is 79.2. The van der Waals surface area contributed by atoms with Crippen molar-refractivity contribution in [2.75, 3.05) is 14.7 Å².